The van der Waals surface area contributed by atoms with E-state index in [4.69, 9.17) is 18.0 Å². The Labute approximate surface area is 101 Å². The van der Waals surface area contributed by atoms with Crippen LogP contribution in [-0.2, 0) is 0 Å². The summed E-state index contributed by atoms with van der Waals surface area (Å²) in [4.78, 5) is 0.369. The second kappa shape index (κ2) is 5.21. The number of anilines is 1. The van der Waals surface area contributed by atoms with Crippen molar-refractivity contribution < 1.29 is 0 Å². The molecule has 2 rings (SSSR count). The quantitative estimate of drug-likeness (QED) is 0.784. The van der Waals surface area contributed by atoms with Crippen LogP contribution >= 0.6 is 12.2 Å². The number of aromatic nitrogens is 2. The number of nitrogens with one attached hydrogen (secondary N) is 1. The van der Waals surface area contributed by atoms with E-state index < -0.39 is 0 Å². The topological polar surface area (TPSA) is 63.8 Å². The molecule has 0 atom stereocenters. The first-order chi connectivity index (χ1) is 7.77. The first kappa shape index (κ1) is 11.3. The Morgan fingerprint density at radius 3 is 2.81 bits per heavy atom. The van der Waals surface area contributed by atoms with Gasteiger partial charge in [-0.15, -0.1) is 5.10 Å². The van der Waals surface area contributed by atoms with Crippen LogP contribution in [0, 0.1) is 0 Å². The van der Waals surface area contributed by atoms with Crippen LogP contribution in [0.15, 0.2) is 12.3 Å². The normalized spacial score (nSPS) is 17.0. The van der Waals surface area contributed by atoms with Crippen molar-refractivity contribution in [3.05, 3.63) is 17.8 Å². The van der Waals surface area contributed by atoms with Crippen molar-refractivity contribution in [3.63, 3.8) is 0 Å². The zero-order chi connectivity index (χ0) is 11.4. The van der Waals surface area contributed by atoms with E-state index >= 15 is 0 Å². The summed E-state index contributed by atoms with van der Waals surface area (Å²) in [5.74, 6) is 0.724. The molecule has 3 N–H and O–H groups in total. The molecule has 0 spiro atoms. The molecule has 86 valence electrons. The van der Waals surface area contributed by atoms with Crippen LogP contribution < -0.4 is 11.1 Å². The molecule has 16 heavy (non-hydrogen) atoms. The van der Waals surface area contributed by atoms with Gasteiger partial charge in [-0.25, -0.2) is 0 Å². The van der Waals surface area contributed by atoms with Gasteiger partial charge in [0.15, 0.2) is 5.82 Å². The molecule has 1 aliphatic rings. The van der Waals surface area contributed by atoms with Gasteiger partial charge in [-0.05, 0) is 18.9 Å². The minimum Gasteiger partial charge on any atom is -0.389 e. The Morgan fingerprint density at radius 2 is 2.12 bits per heavy atom. The van der Waals surface area contributed by atoms with Crippen molar-refractivity contribution >= 4 is 23.0 Å². The fourth-order valence-electron chi connectivity index (χ4n) is 2.08. The predicted octanol–water partition coefficient (Wildman–Crippen LogP) is 1.86. The van der Waals surface area contributed by atoms with Gasteiger partial charge >= 0.3 is 0 Å². The zero-order valence-electron chi connectivity index (χ0n) is 9.15. The Hall–Kier alpha value is -1.23. The van der Waals surface area contributed by atoms with E-state index in [1.54, 1.807) is 12.3 Å². The van der Waals surface area contributed by atoms with Gasteiger partial charge < -0.3 is 11.1 Å². The summed E-state index contributed by atoms with van der Waals surface area (Å²) in [6.45, 7) is 0. The Balaban J connectivity index is 2.10. The van der Waals surface area contributed by atoms with Crippen LogP contribution in [0.1, 0.15) is 37.7 Å². The van der Waals surface area contributed by atoms with E-state index in [0.717, 1.165) is 11.4 Å². The lowest BCUT2D eigenvalue weighted by atomic mass is 9.95. The van der Waals surface area contributed by atoms with Gasteiger partial charge in [-0.3, -0.25) is 0 Å². The van der Waals surface area contributed by atoms with E-state index in [-0.39, 0.29) is 0 Å². The van der Waals surface area contributed by atoms with E-state index in [2.05, 4.69) is 15.5 Å². The number of thiocarbonyl (C=S) groups is 1. The molecule has 0 aliphatic heterocycles. The number of rotatable bonds is 3. The second-order valence-electron chi connectivity index (χ2n) is 4.14. The largest absolute Gasteiger partial charge is 0.389 e. The molecule has 5 heteroatoms. The van der Waals surface area contributed by atoms with E-state index in [0.29, 0.717) is 11.0 Å². The summed E-state index contributed by atoms with van der Waals surface area (Å²) < 4.78 is 0. The van der Waals surface area contributed by atoms with E-state index in [9.17, 15) is 0 Å². The van der Waals surface area contributed by atoms with Crippen LogP contribution in [0.3, 0.4) is 0 Å². The lowest BCUT2D eigenvalue weighted by Crippen LogP contribution is -2.25. The van der Waals surface area contributed by atoms with Crippen molar-refractivity contribution in [2.45, 2.75) is 38.1 Å². The highest BCUT2D eigenvalue weighted by atomic mass is 32.1. The van der Waals surface area contributed by atoms with Gasteiger partial charge in [0.25, 0.3) is 0 Å². The van der Waals surface area contributed by atoms with Gasteiger partial charge in [0.2, 0.25) is 0 Å². The summed E-state index contributed by atoms with van der Waals surface area (Å²) in [6.07, 6.45) is 7.88. The molecule has 0 aromatic carbocycles. The smallest absolute Gasteiger partial charge is 0.159 e. The average Bonchev–Trinajstić information content (AvgIpc) is 2.31. The molecule has 1 fully saturated rings. The third kappa shape index (κ3) is 2.66. The number of hydrogen-bond donors (Lipinski definition) is 2. The predicted molar refractivity (Wildman–Crippen MR) is 68.4 cm³/mol. The van der Waals surface area contributed by atoms with Gasteiger partial charge in [-0.2, -0.15) is 5.10 Å². The Kier molecular flexibility index (Phi) is 3.66. The van der Waals surface area contributed by atoms with Crippen LogP contribution in [0.2, 0.25) is 0 Å². The molecule has 0 unspecified atom stereocenters. The lowest BCUT2D eigenvalue weighted by Gasteiger charge is -2.23. The number of hydrogen-bond acceptors (Lipinski definition) is 4. The SMILES string of the molecule is NC(=S)c1ccnnc1NC1CCCCC1. The highest BCUT2D eigenvalue weighted by molar-refractivity contribution is 7.80. The summed E-state index contributed by atoms with van der Waals surface area (Å²) in [5.41, 5.74) is 6.43. The van der Waals surface area contributed by atoms with Crippen molar-refractivity contribution in [3.8, 4) is 0 Å². The molecule has 1 aromatic heterocycles. The molecule has 0 bridgehead atoms. The van der Waals surface area contributed by atoms with Crippen molar-refractivity contribution in [1.82, 2.24) is 10.2 Å². The summed E-state index contributed by atoms with van der Waals surface area (Å²) in [6, 6.07) is 2.29. The highest BCUT2D eigenvalue weighted by Crippen LogP contribution is 2.21. The third-order valence-electron chi connectivity index (χ3n) is 2.93. The average molecular weight is 236 g/mol. The minimum atomic E-state index is 0.369. The van der Waals surface area contributed by atoms with E-state index in [1.165, 1.54) is 32.1 Å². The minimum absolute atomic E-state index is 0.369. The molecular formula is C11H16N4S. The molecule has 1 aromatic rings. The van der Waals surface area contributed by atoms with Crippen molar-refractivity contribution in [1.29, 1.82) is 0 Å². The maximum Gasteiger partial charge on any atom is 0.159 e. The van der Waals surface area contributed by atoms with Crippen LogP contribution in [0.4, 0.5) is 5.82 Å². The first-order valence-electron chi connectivity index (χ1n) is 5.65. The zero-order valence-corrected chi connectivity index (χ0v) is 9.96. The van der Waals surface area contributed by atoms with Crippen LogP contribution in [0.25, 0.3) is 0 Å². The van der Waals surface area contributed by atoms with Gasteiger partial charge in [0.1, 0.15) is 4.99 Å². The van der Waals surface area contributed by atoms with Crippen LogP contribution in [-0.4, -0.2) is 21.2 Å². The summed E-state index contributed by atoms with van der Waals surface area (Å²) in [7, 11) is 0. The van der Waals surface area contributed by atoms with Gasteiger partial charge in [0, 0.05) is 6.04 Å². The highest BCUT2D eigenvalue weighted by Gasteiger charge is 2.15. The maximum atomic E-state index is 5.64. The first-order valence-corrected chi connectivity index (χ1v) is 6.06. The fourth-order valence-corrected chi connectivity index (χ4v) is 2.24. The molecular weight excluding hydrogens is 220 g/mol. The molecule has 1 heterocycles. The maximum absolute atomic E-state index is 5.64. The fraction of sp³-hybridized carbons (Fsp3) is 0.545. The van der Waals surface area contributed by atoms with Crippen molar-refractivity contribution in [2.24, 2.45) is 5.73 Å². The summed E-state index contributed by atoms with van der Waals surface area (Å²) in [5, 5.41) is 11.3. The molecule has 1 saturated carbocycles. The molecule has 0 saturated heterocycles. The van der Waals surface area contributed by atoms with Gasteiger partial charge in [-0.1, -0.05) is 31.5 Å². The van der Waals surface area contributed by atoms with Crippen LogP contribution in [0.5, 0.6) is 0 Å². The Morgan fingerprint density at radius 1 is 1.38 bits per heavy atom. The Bertz CT molecular complexity index is 374. The standard InChI is InChI=1S/C11H16N4S/c12-10(16)9-6-7-13-15-11(9)14-8-4-2-1-3-5-8/h6-8H,1-5H2,(H2,12,16)(H,14,15). The molecule has 4 nitrogen and oxygen atoms in total. The number of nitrogens with zero attached hydrogens (tertiary/aromatic N) is 2. The molecule has 1 aliphatic carbocycles. The third-order valence-corrected chi connectivity index (χ3v) is 3.15. The second-order valence-corrected chi connectivity index (χ2v) is 4.58. The van der Waals surface area contributed by atoms with E-state index in [1.807, 2.05) is 0 Å². The lowest BCUT2D eigenvalue weighted by molar-refractivity contribution is 0.461. The summed E-state index contributed by atoms with van der Waals surface area (Å²) >= 11 is 4.99. The number of nitrogens with two attached hydrogens (primary N) is 1. The van der Waals surface area contributed by atoms with Gasteiger partial charge in [0.05, 0.1) is 11.8 Å². The molecule has 0 amide bonds. The van der Waals surface area contributed by atoms with Crippen molar-refractivity contribution in [2.75, 3.05) is 5.32 Å². The monoisotopic (exact) mass is 236 g/mol. The molecule has 0 radical (unpaired) electrons.